The lowest BCUT2D eigenvalue weighted by Gasteiger charge is -2.50. The lowest BCUT2D eigenvalue weighted by molar-refractivity contribution is -0.153. The van der Waals surface area contributed by atoms with Crippen LogP contribution in [0.15, 0.2) is 23.0 Å². The molecule has 0 saturated heterocycles. The molecule has 3 aliphatic carbocycles. The third kappa shape index (κ3) is 4.14. The zero-order valence-corrected chi connectivity index (χ0v) is 22.9. The summed E-state index contributed by atoms with van der Waals surface area (Å²) >= 11 is 0. The fraction of sp³-hybridized carbons (Fsp3) is 0.536. The zero-order valence-electron chi connectivity index (χ0n) is 22.9. The van der Waals surface area contributed by atoms with Gasteiger partial charge in [0.15, 0.2) is 11.4 Å². The molecule has 6 N–H and O–H groups in total. The summed E-state index contributed by atoms with van der Waals surface area (Å²) in [7, 11) is 4.89. The summed E-state index contributed by atoms with van der Waals surface area (Å²) < 4.78 is 15.9. The van der Waals surface area contributed by atoms with E-state index in [1.54, 1.807) is 0 Å². The van der Waals surface area contributed by atoms with E-state index >= 15 is 4.39 Å². The van der Waals surface area contributed by atoms with E-state index in [0.717, 1.165) is 0 Å². The van der Waals surface area contributed by atoms with Gasteiger partial charge < -0.3 is 26.2 Å². The number of phenolic OH excluding ortho intramolecular Hbond substituents is 1. The Morgan fingerprint density at radius 1 is 1.18 bits per heavy atom. The van der Waals surface area contributed by atoms with Crippen LogP contribution in [-0.2, 0) is 27.3 Å². The van der Waals surface area contributed by atoms with Crippen molar-refractivity contribution < 1.29 is 39.2 Å². The number of rotatable bonds is 6. The minimum absolute atomic E-state index is 0.0289. The highest BCUT2D eigenvalue weighted by Crippen LogP contribution is 2.53. The van der Waals surface area contributed by atoms with Gasteiger partial charge in [-0.2, -0.15) is 0 Å². The summed E-state index contributed by atoms with van der Waals surface area (Å²) in [6.45, 7) is 6.30. The van der Waals surface area contributed by atoms with Crippen molar-refractivity contribution in [1.82, 2.24) is 9.80 Å². The van der Waals surface area contributed by atoms with Crippen molar-refractivity contribution in [3.05, 3.63) is 45.5 Å². The molecule has 11 heteroatoms. The van der Waals surface area contributed by atoms with Crippen molar-refractivity contribution in [3.8, 4) is 5.75 Å². The number of primary amides is 1. The number of carbonyl (C=O) groups is 3. The van der Waals surface area contributed by atoms with Crippen molar-refractivity contribution in [1.29, 1.82) is 0 Å². The maximum Gasteiger partial charge on any atom is 0.255 e. The van der Waals surface area contributed by atoms with Crippen LogP contribution in [0.5, 0.6) is 5.75 Å². The van der Waals surface area contributed by atoms with Gasteiger partial charge in [0.2, 0.25) is 5.78 Å². The number of nitrogens with two attached hydrogens (primary N) is 1. The average molecular weight is 546 g/mol. The number of Topliss-reactive ketones (excluding diaryl/α,β-unsaturated/α-hetero) is 2. The number of carbonyl (C=O) groups excluding carboxylic acids is 3. The number of likely N-dealkylation sites (N-methyl/N-ethyl adjacent to an activating group) is 1. The molecular weight excluding hydrogens is 509 g/mol. The first-order chi connectivity index (χ1) is 18.0. The summed E-state index contributed by atoms with van der Waals surface area (Å²) in [4.78, 5) is 42.4. The van der Waals surface area contributed by atoms with E-state index in [1.807, 2.05) is 32.7 Å². The fourth-order valence-corrected chi connectivity index (χ4v) is 6.38. The topological polar surface area (TPSA) is 165 Å². The SMILES string of the molecule is CC(C)[C@H](C)N(C)Cc1cc(O)c2c(c1F)C[C@H]1C[C@H]3[C@H](N(C)C)C(=O)C(C(N)=O)=C(O)[C@@]3(O)C(=O)C1=C2O. The quantitative estimate of drug-likeness (QED) is 0.334. The molecule has 1 saturated carbocycles. The highest BCUT2D eigenvalue weighted by Gasteiger charge is 2.64. The van der Waals surface area contributed by atoms with Crippen LogP contribution in [0.25, 0.3) is 5.76 Å². The van der Waals surface area contributed by atoms with Crippen LogP contribution in [0.4, 0.5) is 4.39 Å². The molecule has 1 aromatic carbocycles. The molecule has 0 aliphatic heterocycles. The monoisotopic (exact) mass is 545 g/mol. The van der Waals surface area contributed by atoms with E-state index < -0.39 is 69.6 Å². The van der Waals surface area contributed by atoms with Gasteiger partial charge in [-0.15, -0.1) is 0 Å². The first-order valence-electron chi connectivity index (χ1n) is 12.9. The molecule has 1 aromatic rings. The maximum atomic E-state index is 15.9. The van der Waals surface area contributed by atoms with E-state index in [9.17, 15) is 34.8 Å². The normalized spacial score (nSPS) is 27.7. The largest absolute Gasteiger partial charge is 0.508 e. The van der Waals surface area contributed by atoms with Gasteiger partial charge >= 0.3 is 0 Å². The Labute approximate surface area is 226 Å². The van der Waals surface area contributed by atoms with Crippen molar-refractivity contribution in [2.45, 2.75) is 57.8 Å². The standard InChI is InChI=1S/C28H36FN3O7/c1-11(2)12(3)32(6)10-14-9-17(33)19-15(21(14)29)7-13-8-16-22(31(4)5)24(35)20(27(30)38)26(37)28(16,39)25(36)18(13)23(19)34/h9,11-13,16,22,33-34,37,39H,7-8,10H2,1-6H3,(H2,30,38)/t12-,13-,16-,22-,28-/m0/s1. The molecule has 0 radical (unpaired) electrons. The molecule has 0 bridgehead atoms. The van der Waals surface area contributed by atoms with Crippen molar-refractivity contribution in [3.63, 3.8) is 0 Å². The van der Waals surface area contributed by atoms with Gasteiger partial charge in [-0.25, -0.2) is 4.39 Å². The second-order valence-electron chi connectivity index (χ2n) is 11.6. The highest BCUT2D eigenvalue weighted by atomic mass is 19.1. The third-order valence-electron chi connectivity index (χ3n) is 8.81. The number of ketones is 2. The van der Waals surface area contributed by atoms with Crippen LogP contribution in [0.2, 0.25) is 0 Å². The summed E-state index contributed by atoms with van der Waals surface area (Å²) in [5.74, 6) is -7.93. The van der Waals surface area contributed by atoms with Gasteiger partial charge in [0.25, 0.3) is 5.91 Å². The highest BCUT2D eigenvalue weighted by molar-refractivity contribution is 6.24. The number of fused-ring (bicyclic) bond motifs is 3. The maximum absolute atomic E-state index is 15.9. The second-order valence-corrected chi connectivity index (χ2v) is 11.6. The predicted molar refractivity (Wildman–Crippen MR) is 140 cm³/mol. The number of nitrogens with zero attached hydrogens (tertiary/aromatic N) is 2. The zero-order chi connectivity index (χ0) is 29.3. The molecule has 0 unspecified atom stereocenters. The summed E-state index contributed by atoms with van der Waals surface area (Å²) in [5, 5.41) is 44.5. The van der Waals surface area contributed by atoms with Crippen molar-refractivity contribution in [2.75, 3.05) is 21.1 Å². The first kappa shape index (κ1) is 28.7. The molecular formula is C28H36FN3O7. The minimum atomic E-state index is -2.73. The van der Waals surface area contributed by atoms with E-state index in [4.69, 9.17) is 5.73 Å². The Hall–Kier alpha value is -3.28. The Morgan fingerprint density at radius 2 is 1.79 bits per heavy atom. The molecule has 212 valence electrons. The summed E-state index contributed by atoms with van der Waals surface area (Å²) in [5.41, 5.74) is 1.40. The van der Waals surface area contributed by atoms with E-state index in [0.29, 0.717) is 5.92 Å². The Kier molecular flexibility index (Phi) is 7.16. The molecule has 1 amide bonds. The molecule has 5 atom stereocenters. The first-order valence-corrected chi connectivity index (χ1v) is 12.9. The van der Waals surface area contributed by atoms with Gasteiger partial charge in [0.1, 0.15) is 28.7 Å². The number of benzene rings is 1. The van der Waals surface area contributed by atoms with Crippen LogP contribution in [-0.4, -0.2) is 86.5 Å². The third-order valence-corrected chi connectivity index (χ3v) is 8.81. The fourth-order valence-electron chi connectivity index (χ4n) is 6.38. The van der Waals surface area contributed by atoms with Crippen LogP contribution in [0, 0.1) is 23.6 Å². The number of hydrogen-bond donors (Lipinski definition) is 5. The van der Waals surface area contributed by atoms with Crippen LogP contribution >= 0.6 is 0 Å². The molecule has 0 spiro atoms. The van der Waals surface area contributed by atoms with E-state index in [1.165, 1.54) is 25.1 Å². The number of amides is 1. The summed E-state index contributed by atoms with van der Waals surface area (Å²) in [6.07, 6.45) is -0.189. The molecule has 0 heterocycles. The van der Waals surface area contributed by atoms with Gasteiger partial charge in [0, 0.05) is 35.2 Å². The number of hydrogen-bond acceptors (Lipinski definition) is 9. The lowest BCUT2D eigenvalue weighted by atomic mass is 9.57. The van der Waals surface area contributed by atoms with Crippen LogP contribution in [0.1, 0.15) is 43.9 Å². The number of aliphatic hydroxyl groups excluding tert-OH is 2. The predicted octanol–water partition coefficient (Wildman–Crippen LogP) is 1.58. The number of halogens is 1. The number of aromatic hydroxyl groups is 1. The Bertz CT molecular complexity index is 1330. The lowest BCUT2D eigenvalue weighted by Crippen LogP contribution is -2.65. The Balaban J connectivity index is 1.87. The molecule has 3 aliphatic rings. The summed E-state index contributed by atoms with van der Waals surface area (Å²) in [6, 6.07) is 0.135. The molecule has 39 heavy (non-hydrogen) atoms. The average Bonchev–Trinajstić information content (AvgIpc) is 2.83. The number of aliphatic hydroxyl groups is 3. The molecule has 0 aromatic heterocycles. The van der Waals surface area contributed by atoms with E-state index in [2.05, 4.69) is 0 Å². The van der Waals surface area contributed by atoms with Crippen molar-refractivity contribution in [2.24, 2.45) is 23.5 Å². The van der Waals surface area contributed by atoms with Gasteiger partial charge in [-0.05, 0) is 58.8 Å². The molecule has 1 fully saturated rings. The van der Waals surface area contributed by atoms with Gasteiger partial charge in [-0.1, -0.05) is 13.8 Å². The Morgan fingerprint density at radius 3 is 2.33 bits per heavy atom. The molecule has 4 rings (SSSR count). The van der Waals surface area contributed by atoms with E-state index in [-0.39, 0.29) is 47.7 Å². The van der Waals surface area contributed by atoms with Crippen molar-refractivity contribution >= 4 is 23.2 Å². The number of phenols is 1. The smallest absolute Gasteiger partial charge is 0.255 e. The van der Waals surface area contributed by atoms with Crippen LogP contribution < -0.4 is 5.73 Å². The minimum Gasteiger partial charge on any atom is -0.508 e. The second kappa shape index (κ2) is 9.72. The van der Waals surface area contributed by atoms with Crippen LogP contribution in [0.3, 0.4) is 0 Å². The molecule has 10 nitrogen and oxygen atoms in total. The van der Waals surface area contributed by atoms with Gasteiger partial charge in [0.05, 0.1) is 11.6 Å². The van der Waals surface area contributed by atoms with Gasteiger partial charge in [-0.3, -0.25) is 24.2 Å².